The molecule has 0 spiro atoms. The Morgan fingerprint density at radius 1 is 1.23 bits per heavy atom. The fourth-order valence-corrected chi connectivity index (χ4v) is 2.38. The van der Waals surface area contributed by atoms with E-state index in [1.807, 2.05) is 13.0 Å². The van der Waals surface area contributed by atoms with E-state index in [-0.39, 0.29) is 5.82 Å². The predicted molar refractivity (Wildman–Crippen MR) is 52.3 cm³/mol. The zero-order chi connectivity index (χ0) is 9.26. The van der Waals surface area contributed by atoms with E-state index in [4.69, 9.17) is 0 Å². The average molecular weight is 178 g/mol. The summed E-state index contributed by atoms with van der Waals surface area (Å²) in [5.41, 5.74) is 2.09. The second kappa shape index (κ2) is 3.49. The van der Waals surface area contributed by atoms with Crippen LogP contribution in [0.5, 0.6) is 0 Å². The van der Waals surface area contributed by atoms with Gasteiger partial charge in [-0.05, 0) is 42.9 Å². The number of hydrogen-bond donors (Lipinski definition) is 0. The number of aryl methyl sites for hydroxylation is 1. The Morgan fingerprint density at radius 2 is 1.92 bits per heavy atom. The van der Waals surface area contributed by atoms with Crippen LogP contribution in [0.15, 0.2) is 18.2 Å². The Morgan fingerprint density at radius 3 is 2.54 bits per heavy atom. The lowest BCUT2D eigenvalue weighted by Gasteiger charge is -2.13. The highest BCUT2D eigenvalue weighted by Gasteiger charge is 2.21. The Hall–Kier alpha value is -0.850. The summed E-state index contributed by atoms with van der Waals surface area (Å²) in [6, 6.07) is 5.39. The molecular formula is C12H15F. The van der Waals surface area contributed by atoms with Gasteiger partial charge in [-0.2, -0.15) is 0 Å². The molecular weight excluding hydrogens is 163 g/mol. The lowest BCUT2D eigenvalue weighted by Crippen LogP contribution is -1.99. The summed E-state index contributed by atoms with van der Waals surface area (Å²) in [7, 11) is 0. The van der Waals surface area contributed by atoms with Crippen LogP contribution in [-0.4, -0.2) is 0 Å². The van der Waals surface area contributed by atoms with Crippen LogP contribution in [0.25, 0.3) is 0 Å². The van der Waals surface area contributed by atoms with Crippen molar-refractivity contribution in [3.05, 3.63) is 35.1 Å². The molecule has 0 saturated heterocycles. The van der Waals surface area contributed by atoms with Crippen LogP contribution in [-0.2, 0) is 0 Å². The van der Waals surface area contributed by atoms with Gasteiger partial charge >= 0.3 is 0 Å². The van der Waals surface area contributed by atoms with Gasteiger partial charge in [0, 0.05) is 0 Å². The third-order valence-electron chi connectivity index (χ3n) is 3.03. The van der Waals surface area contributed by atoms with Crippen LogP contribution in [0.1, 0.15) is 42.7 Å². The largest absolute Gasteiger partial charge is 0.207 e. The molecule has 0 radical (unpaired) electrons. The highest BCUT2D eigenvalue weighted by atomic mass is 19.1. The first-order valence-electron chi connectivity index (χ1n) is 5.04. The SMILES string of the molecule is Cc1cccc(F)c1C1CCCC1. The normalized spacial score (nSPS) is 18.0. The highest BCUT2D eigenvalue weighted by molar-refractivity contribution is 5.31. The zero-order valence-electron chi connectivity index (χ0n) is 8.02. The molecule has 0 N–H and O–H groups in total. The molecule has 0 heterocycles. The number of benzene rings is 1. The van der Waals surface area contributed by atoms with Crippen molar-refractivity contribution >= 4 is 0 Å². The maximum atomic E-state index is 13.5. The van der Waals surface area contributed by atoms with E-state index in [2.05, 4.69) is 0 Å². The van der Waals surface area contributed by atoms with Gasteiger partial charge in [0.2, 0.25) is 0 Å². The molecule has 0 aliphatic heterocycles. The monoisotopic (exact) mass is 178 g/mol. The minimum atomic E-state index is -0.00750. The smallest absolute Gasteiger partial charge is 0.126 e. The minimum Gasteiger partial charge on any atom is -0.207 e. The molecule has 1 aliphatic rings. The quantitative estimate of drug-likeness (QED) is 0.613. The fraction of sp³-hybridized carbons (Fsp3) is 0.500. The van der Waals surface area contributed by atoms with Gasteiger partial charge in [-0.3, -0.25) is 0 Å². The van der Waals surface area contributed by atoms with Crippen molar-refractivity contribution in [2.24, 2.45) is 0 Å². The fourth-order valence-electron chi connectivity index (χ4n) is 2.38. The molecule has 0 amide bonds. The molecule has 70 valence electrons. The predicted octanol–water partition coefficient (Wildman–Crippen LogP) is 3.79. The van der Waals surface area contributed by atoms with E-state index in [1.165, 1.54) is 25.7 Å². The van der Waals surface area contributed by atoms with Gasteiger partial charge < -0.3 is 0 Å². The second-order valence-corrected chi connectivity index (χ2v) is 3.95. The summed E-state index contributed by atoms with van der Waals surface area (Å²) >= 11 is 0. The van der Waals surface area contributed by atoms with Crippen LogP contribution >= 0.6 is 0 Å². The van der Waals surface area contributed by atoms with E-state index >= 15 is 0 Å². The van der Waals surface area contributed by atoms with Crippen molar-refractivity contribution in [2.75, 3.05) is 0 Å². The number of halogens is 1. The Kier molecular flexibility index (Phi) is 2.34. The Balaban J connectivity index is 2.37. The van der Waals surface area contributed by atoms with Crippen molar-refractivity contribution in [3.8, 4) is 0 Å². The first-order chi connectivity index (χ1) is 6.29. The molecule has 2 rings (SSSR count). The topological polar surface area (TPSA) is 0 Å². The number of hydrogen-bond acceptors (Lipinski definition) is 0. The Bertz CT molecular complexity index is 278. The van der Waals surface area contributed by atoms with E-state index in [0.29, 0.717) is 5.92 Å². The van der Waals surface area contributed by atoms with Crippen LogP contribution < -0.4 is 0 Å². The third kappa shape index (κ3) is 1.60. The third-order valence-corrected chi connectivity index (χ3v) is 3.03. The van der Waals surface area contributed by atoms with E-state index in [1.54, 1.807) is 12.1 Å². The van der Waals surface area contributed by atoms with Crippen LogP contribution in [0.2, 0.25) is 0 Å². The molecule has 0 unspecified atom stereocenters. The molecule has 13 heavy (non-hydrogen) atoms. The highest BCUT2D eigenvalue weighted by Crippen LogP contribution is 2.36. The summed E-state index contributed by atoms with van der Waals surface area (Å²) in [6.45, 7) is 2.01. The second-order valence-electron chi connectivity index (χ2n) is 3.95. The minimum absolute atomic E-state index is 0.00750. The molecule has 0 aromatic heterocycles. The van der Waals surface area contributed by atoms with Crippen molar-refractivity contribution in [3.63, 3.8) is 0 Å². The standard InChI is InChI=1S/C12H15F/c1-9-5-4-8-11(13)12(9)10-6-2-3-7-10/h4-5,8,10H,2-3,6-7H2,1H3. The maximum absolute atomic E-state index is 13.5. The molecule has 0 bridgehead atoms. The van der Waals surface area contributed by atoms with Gasteiger partial charge in [-0.15, -0.1) is 0 Å². The first kappa shape index (κ1) is 8.74. The van der Waals surface area contributed by atoms with Crippen LogP contribution in [0.3, 0.4) is 0 Å². The van der Waals surface area contributed by atoms with Crippen molar-refractivity contribution in [1.29, 1.82) is 0 Å². The Labute approximate surface area is 78.8 Å². The van der Waals surface area contributed by atoms with Crippen molar-refractivity contribution < 1.29 is 4.39 Å². The molecule has 1 aromatic rings. The summed E-state index contributed by atoms with van der Waals surface area (Å²) < 4.78 is 13.5. The van der Waals surface area contributed by atoms with Gasteiger partial charge in [-0.1, -0.05) is 25.0 Å². The average Bonchev–Trinajstić information content (AvgIpc) is 2.57. The van der Waals surface area contributed by atoms with Crippen molar-refractivity contribution in [2.45, 2.75) is 38.5 Å². The van der Waals surface area contributed by atoms with Gasteiger partial charge in [0.1, 0.15) is 5.82 Å². The molecule has 1 saturated carbocycles. The van der Waals surface area contributed by atoms with Crippen molar-refractivity contribution in [1.82, 2.24) is 0 Å². The zero-order valence-corrected chi connectivity index (χ0v) is 8.02. The summed E-state index contributed by atoms with van der Waals surface area (Å²) in [4.78, 5) is 0. The summed E-state index contributed by atoms with van der Waals surface area (Å²) in [6.07, 6.45) is 4.86. The molecule has 0 nitrogen and oxygen atoms in total. The van der Waals surface area contributed by atoms with E-state index < -0.39 is 0 Å². The molecule has 1 aromatic carbocycles. The first-order valence-corrected chi connectivity index (χ1v) is 5.04. The molecule has 0 atom stereocenters. The van der Waals surface area contributed by atoms with Crippen LogP contribution in [0.4, 0.5) is 4.39 Å². The lowest BCUT2D eigenvalue weighted by atomic mass is 9.93. The van der Waals surface area contributed by atoms with Gasteiger partial charge in [0.05, 0.1) is 0 Å². The maximum Gasteiger partial charge on any atom is 0.126 e. The van der Waals surface area contributed by atoms with E-state index in [0.717, 1.165) is 11.1 Å². The number of rotatable bonds is 1. The van der Waals surface area contributed by atoms with Crippen LogP contribution in [0, 0.1) is 12.7 Å². The lowest BCUT2D eigenvalue weighted by molar-refractivity contribution is 0.577. The summed E-state index contributed by atoms with van der Waals surface area (Å²) in [5.74, 6) is 0.480. The van der Waals surface area contributed by atoms with Gasteiger partial charge in [0.15, 0.2) is 0 Å². The van der Waals surface area contributed by atoms with Gasteiger partial charge in [0.25, 0.3) is 0 Å². The van der Waals surface area contributed by atoms with E-state index in [9.17, 15) is 4.39 Å². The molecule has 1 heteroatoms. The summed E-state index contributed by atoms with van der Waals surface area (Å²) in [5, 5.41) is 0. The van der Waals surface area contributed by atoms with Gasteiger partial charge in [-0.25, -0.2) is 4.39 Å². The molecule has 1 fully saturated rings. The molecule has 1 aliphatic carbocycles.